The van der Waals surface area contributed by atoms with Crippen LogP contribution in [0.1, 0.15) is 25.6 Å². The van der Waals surface area contributed by atoms with E-state index < -0.39 is 0 Å². The maximum Gasteiger partial charge on any atom is 0.0881 e. The Labute approximate surface area is 67.0 Å². The highest BCUT2D eigenvalue weighted by Crippen LogP contribution is 2.07. The van der Waals surface area contributed by atoms with E-state index in [0.717, 1.165) is 5.69 Å². The van der Waals surface area contributed by atoms with Gasteiger partial charge >= 0.3 is 0 Å². The molecule has 0 aliphatic heterocycles. The molecule has 1 aromatic rings. The predicted molar refractivity (Wildman–Crippen MR) is 43.3 cm³/mol. The first-order chi connectivity index (χ1) is 5.25. The van der Waals surface area contributed by atoms with Crippen LogP contribution >= 0.6 is 0 Å². The first-order valence-electron chi connectivity index (χ1n) is 3.77. The number of methoxy groups -OCH3 is 1. The van der Waals surface area contributed by atoms with Gasteiger partial charge in [0.2, 0.25) is 0 Å². The SMILES string of the molecule is COCc1ccnn1C(C)C. The summed E-state index contributed by atoms with van der Waals surface area (Å²) in [5, 5.41) is 4.17. The molecule has 3 heteroatoms. The molecule has 0 spiro atoms. The second-order valence-corrected chi connectivity index (χ2v) is 2.79. The smallest absolute Gasteiger partial charge is 0.0881 e. The molecule has 3 nitrogen and oxygen atoms in total. The van der Waals surface area contributed by atoms with Crippen molar-refractivity contribution in [3.8, 4) is 0 Å². The average molecular weight is 154 g/mol. The van der Waals surface area contributed by atoms with E-state index in [-0.39, 0.29) is 0 Å². The van der Waals surface area contributed by atoms with Crippen molar-refractivity contribution in [3.63, 3.8) is 0 Å². The first kappa shape index (κ1) is 8.27. The predicted octanol–water partition coefficient (Wildman–Crippen LogP) is 1.61. The van der Waals surface area contributed by atoms with E-state index in [2.05, 4.69) is 18.9 Å². The van der Waals surface area contributed by atoms with Crippen molar-refractivity contribution >= 4 is 0 Å². The van der Waals surface area contributed by atoms with Gasteiger partial charge in [-0.3, -0.25) is 4.68 Å². The van der Waals surface area contributed by atoms with Crippen LogP contribution in [-0.4, -0.2) is 16.9 Å². The number of hydrogen-bond donors (Lipinski definition) is 0. The van der Waals surface area contributed by atoms with Crippen LogP contribution in [0.4, 0.5) is 0 Å². The molecule has 0 saturated heterocycles. The van der Waals surface area contributed by atoms with Gasteiger partial charge < -0.3 is 4.74 Å². The molecule has 0 amide bonds. The van der Waals surface area contributed by atoms with Crippen LogP contribution in [0.15, 0.2) is 12.3 Å². The maximum atomic E-state index is 5.02. The summed E-state index contributed by atoms with van der Waals surface area (Å²) >= 11 is 0. The Morgan fingerprint density at radius 3 is 2.91 bits per heavy atom. The molecule has 0 aliphatic rings. The van der Waals surface area contributed by atoms with Crippen LogP contribution in [0.5, 0.6) is 0 Å². The Hall–Kier alpha value is -0.830. The number of nitrogens with zero attached hydrogens (tertiary/aromatic N) is 2. The second kappa shape index (κ2) is 3.53. The van der Waals surface area contributed by atoms with Crippen LogP contribution in [0.25, 0.3) is 0 Å². The van der Waals surface area contributed by atoms with E-state index in [1.807, 2.05) is 10.7 Å². The van der Waals surface area contributed by atoms with Gasteiger partial charge in [0, 0.05) is 19.3 Å². The molecule has 1 rings (SSSR count). The minimum absolute atomic E-state index is 0.412. The lowest BCUT2D eigenvalue weighted by molar-refractivity contribution is 0.175. The van der Waals surface area contributed by atoms with Crippen molar-refractivity contribution in [2.45, 2.75) is 26.5 Å². The lowest BCUT2D eigenvalue weighted by atomic mass is 10.3. The van der Waals surface area contributed by atoms with Gasteiger partial charge in [0.1, 0.15) is 0 Å². The molecule has 62 valence electrons. The summed E-state index contributed by atoms with van der Waals surface area (Å²) < 4.78 is 6.98. The molecule has 0 fully saturated rings. The lowest BCUT2D eigenvalue weighted by Crippen LogP contribution is -2.07. The molecule has 0 saturated carbocycles. The van der Waals surface area contributed by atoms with E-state index in [4.69, 9.17) is 4.74 Å². The molecule has 0 bridgehead atoms. The minimum Gasteiger partial charge on any atom is -0.378 e. The summed E-state index contributed by atoms with van der Waals surface area (Å²) in [5.74, 6) is 0. The van der Waals surface area contributed by atoms with Gasteiger partial charge in [-0.05, 0) is 19.9 Å². The van der Waals surface area contributed by atoms with E-state index in [1.54, 1.807) is 13.3 Å². The lowest BCUT2D eigenvalue weighted by Gasteiger charge is -2.09. The van der Waals surface area contributed by atoms with Gasteiger partial charge in [-0.15, -0.1) is 0 Å². The van der Waals surface area contributed by atoms with E-state index in [1.165, 1.54) is 0 Å². The largest absolute Gasteiger partial charge is 0.378 e. The Bertz CT molecular complexity index is 218. The summed E-state index contributed by atoms with van der Waals surface area (Å²) in [5.41, 5.74) is 1.13. The van der Waals surface area contributed by atoms with Crippen LogP contribution in [0, 0.1) is 0 Å². The fourth-order valence-electron chi connectivity index (χ4n) is 1.07. The monoisotopic (exact) mass is 154 g/mol. The van der Waals surface area contributed by atoms with Crippen LogP contribution in [0.2, 0.25) is 0 Å². The third-order valence-corrected chi connectivity index (χ3v) is 1.53. The minimum atomic E-state index is 0.412. The highest BCUT2D eigenvalue weighted by molar-refractivity contribution is 4.99. The molecular weight excluding hydrogens is 140 g/mol. The Balaban J connectivity index is 2.78. The molecule has 1 heterocycles. The zero-order valence-corrected chi connectivity index (χ0v) is 7.24. The Morgan fingerprint density at radius 1 is 1.64 bits per heavy atom. The molecule has 0 unspecified atom stereocenters. The maximum absolute atomic E-state index is 5.02. The van der Waals surface area contributed by atoms with Gasteiger partial charge in [0.15, 0.2) is 0 Å². The van der Waals surface area contributed by atoms with E-state index >= 15 is 0 Å². The van der Waals surface area contributed by atoms with E-state index in [0.29, 0.717) is 12.6 Å². The fourth-order valence-corrected chi connectivity index (χ4v) is 1.07. The molecule has 0 atom stereocenters. The standard InChI is InChI=1S/C8H14N2O/c1-7(2)10-8(6-11-3)4-5-9-10/h4-5,7H,6H2,1-3H3. The van der Waals surface area contributed by atoms with Crippen LogP contribution in [-0.2, 0) is 11.3 Å². The van der Waals surface area contributed by atoms with E-state index in [9.17, 15) is 0 Å². The number of ether oxygens (including phenoxy) is 1. The van der Waals surface area contributed by atoms with Crippen LogP contribution in [0.3, 0.4) is 0 Å². The van der Waals surface area contributed by atoms with Crippen molar-refractivity contribution in [2.75, 3.05) is 7.11 Å². The second-order valence-electron chi connectivity index (χ2n) is 2.79. The third-order valence-electron chi connectivity index (χ3n) is 1.53. The summed E-state index contributed by atoms with van der Waals surface area (Å²) in [7, 11) is 1.69. The van der Waals surface area contributed by atoms with Crippen molar-refractivity contribution in [3.05, 3.63) is 18.0 Å². The first-order valence-corrected chi connectivity index (χ1v) is 3.77. The summed E-state index contributed by atoms with van der Waals surface area (Å²) in [6.07, 6.45) is 1.80. The topological polar surface area (TPSA) is 27.1 Å². The highest BCUT2D eigenvalue weighted by atomic mass is 16.5. The molecule has 0 aliphatic carbocycles. The third kappa shape index (κ3) is 1.80. The zero-order chi connectivity index (χ0) is 8.27. The van der Waals surface area contributed by atoms with Gasteiger partial charge in [-0.1, -0.05) is 0 Å². The normalized spacial score (nSPS) is 10.9. The summed E-state index contributed by atoms with van der Waals surface area (Å²) in [6, 6.07) is 2.39. The highest BCUT2D eigenvalue weighted by Gasteiger charge is 2.03. The zero-order valence-electron chi connectivity index (χ0n) is 7.24. The molecular formula is C8H14N2O. The quantitative estimate of drug-likeness (QED) is 0.661. The van der Waals surface area contributed by atoms with Crippen molar-refractivity contribution in [2.24, 2.45) is 0 Å². The fraction of sp³-hybridized carbons (Fsp3) is 0.625. The average Bonchev–Trinajstić information content (AvgIpc) is 2.36. The van der Waals surface area contributed by atoms with Gasteiger partial charge in [0.25, 0.3) is 0 Å². The summed E-state index contributed by atoms with van der Waals surface area (Å²) in [4.78, 5) is 0. The van der Waals surface area contributed by atoms with Crippen molar-refractivity contribution in [1.82, 2.24) is 9.78 Å². The Kier molecular flexibility index (Phi) is 2.65. The van der Waals surface area contributed by atoms with Gasteiger partial charge in [-0.2, -0.15) is 5.10 Å². The summed E-state index contributed by atoms with van der Waals surface area (Å²) in [6.45, 7) is 4.84. The Morgan fingerprint density at radius 2 is 2.36 bits per heavy atom. The number of rotatable bonds is 3. The molecule has 1 aromatic heterocycles. The molecule has 0 N–H and O–H groups in total. The van der Waals surface area contributed by atoms with Crippen LogP contribution < -0.4 is 0 Å². The van der Waals surface area contributed by atoms with Gasteiger partial charge in [0.05, 0.1) is 12.3 Å². The van der Waals surface area contributed by atoms with Crippen molar-refractivity contribution in [1.29, 1.82) is 0 Å². The number of hydrogen-bond acceptors (Lipinski definition) is 2. The molecule has 0 radical (unpaired) electrons. The molecule has 11 heavy (non-hydrogen) atoms. The van der Waals surface area contributed by atoms with Crippen molar-refractivity contribution < 1.29 is 4.74 Å². The molecule has 0 aromatic carbocycles. The van der Waals surface area contributed by atoms with Gasteiger partial charge in [-0.25, -0.2) is 0 Å². The number of aromatic nitrogens is 2.